The lowest BCUT2D eigenvalue weighted by molar-refractivity contribution is 0.128. The van der Waals surface area contributed by atoms with Crippen LogP contribution in [0, 0.1) is 11.3 Å². The van der Waals surface area contributed by atoms with Crippen LogP contribution in [-0.4, -0.2) is 18.3 Å². The summed E-state index contributed by atoms with van der Waals surface area (Å²) in [4.78, 5) is 1.46. The van der Waals surface area contributed by atoms with E-state index in [1.165, 1.54) is 30.6 Å². The molecule has 3 heteroatoms. The Morgan fingerprint density at radius 3 is 2.74 bits per heavy atom. The second kappa shape index (κ2) is 6.87. The van der Waals surface area contributed by atoms with Crippen LogP contribution in [0.15, 0.2) is 17.5 Å². The van der Waals surface area contributed by atoms with Gasteiger partial charge in [-0.3, -0.25) is 0 Å². The molecule has 0 bridgehead atoms. The van der Waals surface area contributed by atoms with Gasteiger partial charge in [-0.1, -0.05) is 32.8 Å². The third-order valence-electron chi connectivity index (χ3n) is 4.70. The third kappa shape index (κ3) is 3.80. The predicted molar refractivity (Wildman–Crippen MR) is 82.5 cm³/mol. The minimum atomic E-state index is 0.00805. The molecule has 0 saturated heterocycles. The topological polar surface area (TPSA) is 32.3 Å². The Balaban J connectivity index is 2.02. The molecule has 0 aromatic carbocycles. The summed E-state index contributed by atoms with van der Waals surface area (Å²) < 4.78 is 0. The lowest BCUT2D eigenvalue weighted by Gasteiger charge is -2.31. The summed E-state index contributed by atoms with van der Waals surface area (Å²) in [6.07, 6.45) is 6.45. The standard InChI is InChI=1S/C16H27NOS/c1-3-16(2,12-18)11-17-15(13-7-4-5-8-13)14-9-6-10-19-14/h6,9-10,13,15,17-18H,3-5,7-8,11-12H2,1-2H3. The van der Waals surface area contributed by atoms with Crippen LogP contribution in [0.1, 0.15) is 56.9 Å². The highest BCUT2D eigenvalue weighted by atomic mass is 32.1. The molecular weight excluding hydrogens is 254 g/mol. The quantitative estimate of drug-likeness (QED) is 0.792. The second-order valence-electron chi connectivity index (χ2n) is 6.24. The van der Waals surface area contributed by atoms with Crippen molar-refractivity contribution < 1.29 is 5.11 Å². The lowest BCUT2D eigenvalue weighted by atomic mass is 9.87. The van der Waals surface area contributed by atoms with E-state index in [1.807, 2.05) is 11.3 Å². The molecule has 0 spiro atoms. The van der Waals surface area contributed by atoms with Gasteiger partial charge < -0.3 is 10.4 Å². The fraction of sp³-hybridized carbons (Fsp3) is 0.750. The van der Waals surface area contributed by atoms with Crippen molar-refractivity contribution in [2.24, 2.45) is 11.3 Å². The van der Waals surface area contributed by atoms with Crippen molar-refractivity contribution in [2.75, 3.05) is 13.2 Å². The number of aliphatic hydroxyl groups is 1. The van der Waals surface area contributed by atoms with Gasteiger partial charge in [0.2, 0.25) is 0 Å². The fourth-order valence-corrected chi connectivity index (χ4v) is 3.80. The molecule has 2 nitrogen and oxygen atoms in total. The van der Waals surface area contributed by atoms with Gasteiger partial charge in [0.1, 0.15) is 0 Å². The number of hydrogen-bond acceptors (Lipinski definition) is 3. The summed E-state index contributed by atoms with van der Waals surface area (Å²) in [6.45, 7) is 5.49. The Morgan fingerprint density at radius 1 is 1.47 bits per heavy atom. The fourth-order valence-electron chi connectivity index (χ4n) is 2.91. The average molecular weight is 281 g/mol. The van der Waals surface area contributed by atoms with E-state index in [-0.39, 0.29) is 12.0 Å². The smallest absolute Gasteiger partial charge is 0.0496 e. The first-order chi connectivity index (χ1) is 9.18. The van der Waals surface area contributed by atoms with Crippen LogP contribution in [0.25, 0.3) is 0 Å². The minimum absolute atomic E-state index is 0.00805. The number of hydrogen-bond donors (Lipinski definition) is 2. The van der Waals surface area contributed by atoms with Gasteiger partial charge in [-0.2, -0.15) is 0 Å². The molecule has 0 aliphatic heterocycles. The highest BCUT2D eigenvalue weighted by Crippen LogP contribution is 2.37. The summed E-state index contributed by atoms with van der Waals surface area (Å²) in [5.41, 5.74) is 0.00805. The van der Waals surface area contributed by atoms with Crippen LogP contribution in [0.4, 0.5) is 0 Å². The predicted octanol–water partition coefficient (Wildman–Crippen LogP) is 3.98. The molecule has 1 aliphatic rings. The van der Waals surface area contributed by atoms with Gasteiger partial charge in [-0.15, -0.1) is 11.3 Å². The molecule has 0 radical (unpaired) electrons. The summed E-state index contributed by atoms with van der Waals surface area (Å²) in [5.74, 6) is 0.776. The maximum absolute atomic E-state index is 9.56. The highest BCUT2D eigenvalue weighted by molar-refractivity contribution is 7.10. The van der Waals surface area contributed by atoms with E-state index >= 15 is 0 Å². The van der Waals surface area contributed by atoms with E-state index in [9.17, 15) is 5.11 Å². The maximum Gasteiger partial charge on any atom is 0.0496 e. The number of nitrogens with one attached hydrogen (secondary N) is 1. The van der Waals surface area contributed by atoms with Gasteiger partial charge in [-0.05, 0) is 36.6 Å². The summed E-state index contributed by atoms with van der Waals surface area (Å²) >= 11 is 1.86. The molecule has 1 fully saturated rings. The van der Waals surface area contributed by atoms with Crippen LogP contribution in [-0.2, 0) is 0 Å². The SMILES string of the molecule is CCC(C)(CO)CNC(c1cccs1)C1CCCC1. The van der Waals surface area contributed by atoms with Crippen molar-refractivity contribution in [1.29, 1.82) is 0 Å². The number of aliphatic hydroxyl groups excluding tert-OH is 1. The lowest BCUT2D eigenvalue weighted by Crippen LogP contribution is -2.38. The van der Waals surface area contributed by atoms with E-state index in [0.29, 0.717) is 6.04 Å². The summed E-state index contributed by atoms with van der Waals surface area (Å²) in [5, 5.41) is 15.5. The zero-order chi connectivity index (χ0) is 13.7. The summed E-state index contributed by atoms with van der Waals surface area (Å²) in [6, 6.07) is 4.89. The maximum atomic E-state index is 9.56. The Morgan fingerprint density at radius 2 is 2.21 bits per heavy atom. The van der Waals surface area contributed by atoms with E-state index in [0.717, 1.165) is 18.9 Å². The minimum Gasteiger partial charge on any atom is -0.396 e. The van der Waals surface area contributed by atoms with Gasteiger partial charge >= 0.3 is 0 Å². The molecule has 19 heavy (non-hydrogen) atoms. The van der Waals surface area contributed by atoms with Crippen LogP contribution < -0.4 is 5.32 Å². The molecule has 2 atom stereocenters. The molecular formula is C16H27NOS. The van der Waals surface area contributed by atoms with Crippen LogP contribution in [0.3, 0.4) is 0 Å². The van der Waals surface area contributed by atoms with Crippen LogP contribution in [0.2, 0.25) is 0 Å². The Bertz CT molecular complexity index is 353. The van der Waals surface area contributed by atoms with Crippen molar-refractivity contribution in [3.8, 4) is 0 Å². The van der Waals surface area contributed by atoms with Crippen molar-refractivity contribution in [3.05, 3.63) is 22.4 Å². The first-order valence-electron chi connectivity index (χ1n) is 7.56. The van der Waals surface area contributed by atoms with Crippen molar-refractivity contribution in [2.45, 2.75) is 52.0 Å². The van der Waals surface area contributed by atoms with Gasteiger partial charge in [-0.25, -0.2) is 0 Å². The molecule has 2 rings (SSSR count). The molecule has 2 N–H and O–H groups in total. The molecule has 108 valence electrons. The van der Waals surface area contributed by atoms with Crippen molar-refractivity contribution in [1.82, 2.24) is 5.32 Å². The molecule has 1 aliphatic carbocycles. The largest absolute Gasteiger partial charge is 0.396 e. The van der Waals surface area contributed by atoms with Gasteiger partial charge in [0, 0.05) is 29.5 Å². The van der Waals surface area contributed by atoms with Crippen LogP contribution in [0.5, 0.6) is 0 Å². The van der Waals surface area contributed by atoms with E-state index in [1.54, 1.807) is 0 Å². The van der Waals surface area contributed by atoms with Crippen LogP contribution >= 0.6 is 11.3 Å². The zero-order valence-electron chi connectivity index (χ0n) is 12.2. The average Bonchev–Trinajstić information content (AvgIpc) is 3.12. The van der Waals surface area contributed by atoms with Gasteiger partial charge in [0.05, 0.1) is 0 Å². The Hall–Kier alpha value is -0.380. The van der Waals surface area contributed by atoms with E-state index < -0.39 is 0 Å². The second-order valence-corrected chi connectivity index (χ2v) is 7.22. The molecule has 1 heterocycles. The monoisotopic (exact) mass is 281 g/mol. The molecule has 0 amide bonds. The van der Waals surface area contributed by atoms with Crippen molar-refractivity contribution >= 4 is 11.3 Å². The molecule has 2 unspecified atom stereocenters. The summed E-state index contributed by atoms with van der Waals surface area (Å²) in [7, 11) is 0. The highest BCUT2D eigenvalue weighted by Gasteiger charge is 2.29. The van der Waals surface area contributed by atoms with Gasteiger partial charge in [0.15, 0.2) is 0 Å². The van der Waals surface area contributed by atoms with E-state index in [2.05, 4.69) is 36.7 Å². The Labute approximate surface area is 121 Å². The van der Waals surface area contributed by atoms with E-state index in [4.69, 9.17) is 0 Å². The van der Waals surface area contributed by atoms with Gasteiger partial charge in [0.25, 0.3) is 0 Å². The zero-order valence-corrected chi connectivity index (χ0v) is 13.0. The molecule has 1 aromatic heterocycles. The first-order valence-corrected chi connectivity index (χ1v) is 8.44. The number of thiophene rings is 1. The molecule has 1 saturated carbocycles. The van der Waals surface area contributed by atoms with Crippen molar-refractivity contribution in [3.63, 3.8) is 0 Å². The normalized spacial score (nSPS) is 21.4. The first kappa shape index (κ1) is 15.0. The third-order valence-corrected chi connectivity index (χ3v) is 5.66. The Kier molecular flexibility index (Phi) is 5.43. The number of rotatable bonds is 7. The molecule has 1 aromatic rings.